The molecule has 0 aliphatic rings. The predicted molar refractivity (Wildman–Crippen MR) is 67.1 cm³/mol. The normalized spacial score (nSPS) is 10.9. The molecule has 3 aromatic heterocycles. The molecule has 90 valence electrons. The van der Waals surface area contributed by atoms with Crippen LogP contribution in [0.1, 0.15) is 21.7 Å². The van der Waals surface area contributed by atoms with E-state index in [0.29, 0.717) is 12.1 Å². The van der Waals surface area contributed by atoms with Crippen molar-refractivity contribution < 1.29 is 9.90 Å². The molecule has 18 heavy (non-hydrogen) atoms. The second-order valence-electron chi connectivity index (χ2n) is 3.88. The molecular formula is C12H9N3O2S. The Balaban J connectivity index is 2.06. The van der Waals surface area contributed by atoms with Crippen molar-refractivity contribution in [1.82, 2.24) is 14.6 Å². The summed E-state index contributed by atoms with van der Waals surface area (Å²) in [5.41, 5.74) is 2.04. The van der Waals surface area contributed by atoms with E-state index in [1.54, 1.807) is 28.0 Å². The zero-order chi connectivity index (χ0) is 12.5. The molecule has 0 aromatic carbocycles. The summed E-state index contributed by atoms with van der Waals surface area (Å²) in [5.74, 6) is -0.210. The Labute approximate surface area is 106 Å². The monoisotopic (exact) mass is 259 g/mol. The molecule has 0 bridgehead atoms. The molecule has 3 aromatic rings. The predicted octanol–water partition coefficient (Wildman–Crippen LogP) is 2.08. The summed E-state index contributed by atoms with van der Waals surface area (Å²) in [6.45, 7) is 0. The Hall–Kier alpha value is -2.21. The molecule has 0 radical (unpaired) electrons. The third-order valence-electron chi connectivity index (χ3n) is 2.66. The lowest BCUT2D eigenvalue weighted by molar-refractivity contribution is 0.0696. The first kappa shape index (κ1) is 10.9. The molecule has 5 nitrogen and oxygen atoms in total. The number of pyridine rings is 1. The highest BCUT2D eigenvalue weighted by atomic mass is 32.1. The average molecular weight is 259 g/mol. The quantitative estimate of drug-likeness (QED) is 0.782. The maximum Gasteiger partial charge on any atom is 0.337 e. The molecule has 0 aliphatic heterocycles. The minimum absolute atomic E-state index is 0.230. The zero-order valence-electron chi connectivity index (χ0n) is 9.28. The van der Waals surface area contributed by atoms with Crippen molar-refractivity contribution in [3.05, 3.63) is 52.1 Å². The fraction of sp³-hybridized carbons (Fsp3) is 0.0833. The highest BCUT2D eigenvalue weighted by Gasteiger charge is 2.09. The highest BCUT2D eigenvalue weighted by molar-refractivity contribution is 7.07. The number of carbonyl (C=O) groups is 1. The van der Waals surface area contributed by atoms with Gasteiger partial charge in [-0.25, -0.2) is 4.79 Å². The number of hydrogen-bond donors (Lipinski definition) is 1. The van der Waals surface area contributed by atoms with E-state index in [-0.39, 0.29) is 5.56 Å². The minimum atomic E-state index is -0.952. The summed E-state index contributed by atoms with van der Waals surface area (Å²) in [4.78, 5) is 10.9. The van der Waals surface area contributed by atoms with Crippen LogP contribution in [0.5, 0.6) is 0 Å². The SMILES string of the molecule is O=C(O)c1ccc2nnc(Cc3ccsc3)n2c1. The molecule has 0 saturated carbocycles. The highest BCUT2D eigenvalue weighted by Crippen LogP contribution is 2.13. The Morgan fingerprint density at radius 1 is 1.33 bits per heavy atom. The molecule has 6 heteroatoms. The lowest BCUT2D eigenvalue weighted by atomic mass is 10.2. The number of rotatable bonds is 3. The number of fused-ring (bicyclic) bond motifs is 1. The molecule has 0 saturated heterocycles. The van der Waals surface area contributed by atoms with Crippen LogP contribution < -0.4 is 0 Å². The maximum atomic E-state index is 10.9. The molecule has 3 rings (SSSR count). The van der Waals surface area contributed by atoms with Crippen molar-refractivity contribution in [2.45, 2.75) is 6.42 Å². The lowest BCUT2D eigenvalue weighted by Gasteiger charge is -2.00. The van der Waals surface area contributed by atoms with E-state index >= 15 is 0 Å². The van der Waals surface area contributed by atoms with Crippen LogP contribution in [0.4, 0.5) is 0 Å². The van der Waals surface area contributed by atoms with Gasteiger partial charge in [-0.3, -0.25) is 4.40 Å². The van der Waals surface area contributed by atoms with Crippen molar-refractivity contribution >= 4 is 23.0 Å². The van der Waals surface area contributed by atoms with Gasteiger partial charge in [0.15, 0.2) is 5.65 Å². The Kier molecular flexibility index (Phi) is 2.56. The van der Waals surface area contributed by atoms with Gasteiger partial charge in [-0.2, -0.15) is 11.3 Å². The maximum absolute atomic E-state index is 10.9. The van der Waals surface area contributed by atoms with Gasteiger partial charge in [0, 0.05) is 12.6 Å². The van der Waals surface area contributed by atoms with E-state index < -0.39 is 5.97 Å². The first-order chi connectivity index (χ1) is 8.74. The molecule has 0 aliphatic carbocycles. The summed E-state index contributed by atoms with van der Waals surface area (Å²) in [5, 5.41) is 21.1. The number of aromatic nitrogens is 3. The second kappa shape index (κ2) is 4.23. The first-order valence-corrected chi connectivity index (χ1v) is 6.26. The van der Waals surface area contributed by atoms with E-state index in [0.717, 1.165) is 11.4 Å². The Morgan fingerprint density at radius 2 is 2.22 bits per heavy atom. The van der Waals surface area contributed by atoms with E-state index in [2.05, 4.69) is 10.2 Å². The van der Waals surface area contributed by atoms with Crippen molar-refractivity contribution in [2.75, 3.05) is 0 Å². The number of carboxylic acids is 1. The standard InChI is InChI=1S/C12H9N3O2S/c16-12(17)9-1-2-10-13-14-11(15(10)6-9)5-8-3-4-18-7-8/h1-4,6-7H,5H2,(H,16,17). The average Bonchev–Trinajstić information content (AvgIpc) is 2.99. The molecule has 0 amide bonds. The zero-order valence-corrected chi connectivity index (χ0v) is 10.1. The lowest BCUT2D eigenvalue weighted by Crippen LogP contribution is -2.01. The van der Waals surface area contributed by atoms with Crippen LogP contribution in [0.15, 0.2) is 35.2 Å². The van der Waals surface area contributed by atoms with Crippen LogP contribution in [0.3, 0.4) is 0 Å². The number of hydrogen-bond acceptors (Lipinski definition) is 4. The van der Waals surface area contributed by atoms with Crippen LogP contribution in [0, 0.1) is 0 Å². The summed E-state index contributed by atoms with van der Waals surface area (Å²) in [6, 6.07) is 5.21. The summed E-state index contributed by atoms with van der Waals surface area (Å²) in [6.07, 6.45) is 2.20. The van der Waals surface area contributed by atoms with E-state index in [9.17, 15) is 4.79 Å². The third-order valence-corrected chi connectivity index (χ3v) is 3.39. The molecule has 0 atom stereocenters. The molecule has 1 N–H and O–H groups in total. The number of aromatic carboxylic acids is 1. The van der Waals surface area contributed by atoms with Gasteiger partial charge in [0.1, 0.15) is 5.82 Å². The summed E-state index contributed by atoms with van der Waals surface area (Å²) in [7, 11) is 0. The number of thiophene rings is 1. The fourth-order valence-electron chi connectivity index (χ4n) is 1.76. The van der Waals surface area contributed by atoms with E-state index in [1.165, 1.54) is 6.07 Å². The summed E-state index contributed by atoms with van der Waals surface area (Å²) < 4.78 is 1.72. The minimum Gasteiger partial charge on any atom is -0.478 e. The molecular weight excluding hydrogens is 250 g/mol. The smallest absolute Gasteiger partial charge is 0.337 e. The number of nitrogens with zero attached hydrogens (tertiary/aromatic N) is 3. The topological polar surface area (TPSA) is 67.5 Å². The molecule has 3 heterocycles. The van der Waals surface area contributed by atoms with Crippen LogP contribution in [0.2, 0.25) is 0 Å². The Morgan fingerprint density at radius 3 is 2.94 bits per heavy atom. The molecule has 0 unspecified atom stereocenters. The number of carboxylic acid groups (broad SMARTS) is 1. The fourth-order valence-corrected chi connectivity index (χ4v) is 2.43. The van der Waals surface area contributed by atoms with Crippen molar-refractivity contribution in [2.24, 2.45) is 0 Å². The van der Waals surface area contributed by atoms with Gasteiger partial charge < -0.3 is 5.11 Å². The van der Waals surface area contributed by atoms with Crippen LogP contribution >= 0.6 is 11.3 Å². The van der Waals surface area contributed by atoms with Gasteiger partial charge in [0.2, 0.25) is 0 Å². The van der Waals surface area contributed by atoms with Crippen molar-refractivity contribution in [3.63, 3.8) is 0 Å². The van der Waals surface area contributed by atoms with E-state index in [4.69, 9.17) is 5.11 Å². The van der Waals surface area contributed by atoms with Gasteiger partial charge in [-0.15, -0.1) is 10.2 Å². The van der Waals surface area contributed by atoms with Crippen molar-refractivity contribution in [1.29, 1.82) is 0 Å². The van der Waals surface area contributed by atoms with Gasteiger partial charge >= 0.3 is 5.97 Å². The van der Waals surface area contributed by atoms with Gasteiger partial charge in [-0.1, -0.05) is 0 Å². The first-order valence-electron chi connectivity index (χ1n) is 5.32. The van der Waals surface area contributed by atoms with Crippen LogP contribution in [0.25, 0.3) is 5.65 Å². The molecule has 0 fully saturated rings. The largest absolute Gasteiger partial charge is 0.478 e. The summed E-state index contributed by atoms with van der Waals surface area (Å²) >= 11 is 1.62. The second-order valence-corrected chi connectivity index (χ2v) is 4.66. The molecule has 0 spiro atoms. The van der Waals surface area contributed by atoms with Gasteiger partial charge in [0.05, 0.1) is 5.56 Å². The van der Waals surface area contributed by atoms with Gasteiger partial charge in [-0.05, 0) is 34.5 Å². The van der Waals surface area contributed by atoms with Gasteiger partial charge in [0.25, 0.3) is 0 Å². The Bertz CT molecular complexity index is 703. The third kappa shape index (κ3) is 1.86. The van der Waals surface area contributed by atoms with Crippen LogP contribution in [-0.2, 0) is 6.42 Å². The van der Waals surface area contributed by atoms with Crippen molar-refractivity contribution in [3.8, 4) is 0 Å². The van der Waals surface area contributed by atoms with E-state index in [1.807, 2.05) is 16.8 Å². The van der Waals surface area contributed by atoms with Crippen LogP contribution in [-0.4, -0.2) is 25.7 Å².